The summed E-state index contributed by atoms with van der Waals surface area (Å²) in [6.45, 7) is -2.13. The molecule has 2 aromatic heterocycles. The third-order valence-corrected chi connectivity index (χ3v) is 11.3. The molecular formula is C55H40N4O. The van der Waals surface area contributed by atoms with Crippen molar-refractivity contribution in [1.29, 1.82) is 0 Å². The Balaban J connectivity index is 0.990. The van der Waals surface area contributed by atoms with E-state index in [9.17, 15) is 1.37 Å². The van der Waals surface area contributed by atoms with Crippen molar-refractivity contribution in [3.05, 3.63) is 218 Å². The monoisotopic (exact) mass is 777 g/mol. The highest BCUT2D eigenvalue weighted by molar-refractivity contribution is 6.09. The molecule has 286 valence electrons. The number of pyridine rings is 1. The van der Waals surface area contributed by atoms with Crippen molar-refractivity contribution in [2.24, 2.45) is 0 Å². The van der Waals surface area contributed by atoms with E-state index >= 15 is 0 Å². The van der Waals surface area contributed by atoms with Crippen LogP contribution >= 0.6 is 0 Å². The number of para-hydroxylation sites is 4. The average Bonchev–Trinajstić information content (AvgIpc) is 3.88. The zero-order chi connectivity index (χ0) is 44.2. The van der Waals surface area contributed by atoms with Gasteiger partial charge in [-0.15, -0.1) is 0 Å². The molecule has 3 heterocycles. The summed E-state index contributed by atoms with van der Waals surface area (Å²) in [4.78, 5) is 9.38. The maximum absolute atomic E-state index is 9.42. The third-order valence-electron chi connectivity index (χ3n) is 11.3. The van der Waals surface area contributed by atoms with E-state index in [0.29, 0.717) is 29.2 Å². The second kappa shape index (κ2) is 14.8. The van der Waals surface area contributed by atoms with E-state index in [-0.39, 0.29) is 29.2 Å². The molecule has 60 heavy (non-hydrogen) atoms. The molecule has 0 aliphatic carbocycles. The molecule has 0 saturated carbocycles. The van der Waals surface area contributed by atoms with Crippen molar-refractivity contribution in [1.82, 2.24) is 9.55 Å². The van der Waals surface area contributed by atoms with Gasteiger partial charge < -0.3 is 14.5 Å². The molecule has 0 radical (unpaired) electrons. The zero-order valence-corrected chi connectivity index (χ0v) is 32.5. The summed E-state index contributed by atoms with van der Waals surface area (Å²) in [5, 5.41) is 1.77. The molecule has 0 amide bonds. The number of nitrogens with zero attached hydrogens (tertiary/aromatic N) is 4. The van der Waals surface area contributed by atoms with Crippen molar-refractivity contribution < 1.29 is 11.6 Å². The Kier molecular flexibility index (Phi) is 7.46. The average molecular weight is 778 g/mol. The number of fused-ring (bicyclic) bond motifs is 4. The summed E-state index contributed by atoms with van der Waals surface area (Å²) in [6.07, 6.45) is -0.217. The molecule has 0 saturated heterocycles. The van der Waals surface area contributed by atoms with Gasteiger partial charge in [-0.2, -0.15) is 0 Å². The van der Waals surface area contributed by atoms with Crippen LogP contribution in [0.2, 0.25) is 0 Å². The molecule has 0 spiro atoms. The predicted molar refractivity (Wildman–Crippen MR) is 248 cm³/mol. The molecular weight excluding hydrogens is 733 g/mol. The van der Waals surface area contributed by atoms with Gasteiger partial charge in [-0.1, -0.05) is 146 Å². The van der Waals surface area contributed by atoms with E-state index in [1.54, 1.807) is 28.8 Å². The maximum Gasteiger partial charge on any atom is 0.137 e. The predicted octanol–water partition coefficient (Wildman–Crippen LogP) is 14.5. The number of hydrogen-bond acceptors (Lipinski definition) is 4. The Morgan fingerprint density at radius 1 is 0.517 bits per heavy atom. The SMILES string of the molecule is [2H]c1nc(-n2c3ccccc3c3ccc(Oc4cccc(N5CN(c6c(-c7ccccc7)cccc6-c6ccccc6)c6ccccc65)c4)cc32)c([2H])c(C([2H])([2H])[2H])c1-c1ccccc1. The lowest BCUT2D eigenvalue weighted by atomic mass is 9.95. The highest BCUT2D eigenvalue weighted by Crippen LogP contribution is 2.50. The van der Waals surface area contributed by atoms with Crippen LogP contribution < -0.4 is 14.5 Å². The summed E-state index contributed by atoms with van der Waals surface area (Å²) >= 11 is 0. The first-order valence-corrected chi connectivity index (χ1v) is 20.0. The lowest BCUT2D eigenvalue weighted by Crippen LogP contribution is -2.24. The summed E-state index contributed by atoms with van der Waals surface area (Å²) in [5.74, 6) is 1.23. The Morgan fingerprint density at radius 2 is 1.10 bits per heavy atom. The third kappa shape index (κ3) is 6.16. The largest absolute Gasteiger partial charge is 0.457 e. The van der Waals surface area contributed by atoms with Crippen molar-refractivity contribution in [3.8, 4) is 50.7 Å². The highest BCUT2D eigenvalue weighted by Gasteiger charge is 2.31. The minimum absolute atomic E-state index is 0.0627. The Morgan fingerprint density at radius 3 is 1.80 bits per heavy atom. The van der Waals surface area contributed by atoms with Gasteiger partial charge in [0.25, 0.3) is 0 Å². The Labute approximate surface area is 356 Å². The van der Waals surface area contributed by atoms with Gasteiger partial charge in [0, 0.05) is 55.6 Å². The van der Waals surface area contributed by atoms with Gasteiger partial charge in [0.2, 0.25) is 0 Å². The number of aromatic nitrogens is 2. The first-order valence-electron chi connectivity index (χ1n) is 22.5. The molecule has 0 unspecified atom stereocenters. The van der Waals surface area contributed by atoms with Crippen LogP contribution in [0.5, 0.6) is 11.5 Å². The molecule has 10 aromatic rings. The second-order valence-corrected chi connectivity index (χ2v) is 14.8. The van der Waals surface area contributed by atoms with Gasteiger partial charge in [0.15, 0.2) is 0 Å². The molecule has 1 aliphatic rings. The van der Waals surface area contributed by atoms with Crippen molar-refractivity contribution in [2.75, 3.05) is 16.5 Å². The second-order valence-electron chi connectivity index (χ2n) is 14.8. The number of rotatable bonds is 8. The van der Waals surface area contributed by atoms with Crippen LogP contribution in [0.1, 0.15) is 12.4 Å². The van der Waals surface area contributed by atoms with Gasteiger partial charge in [0.1, 0.15) is 24.0 Å². The number of hydrogen-bond donors (Lipinski definition) is 0. The van der Waals surface area contributed by atoms with Crippen molar-refractivity contribution in [2.45, 2.75) is 6.85 Å². The molecule has 8 aromatic carbocycles. The standard InChI is InChI=1S/C55H40N4O/c1-38-33-54(56-36-49(38)41-21-9-4-10-22-41)59-50-28-12-11-25-47(50)48-32-31-44(35-53(48)59)60-43-24-15-23-42(34-43)57-37-58(52-30-14-13-29-51(52)57)55-45(39-17-5-2-6-18-39)26-16-27-46(55)40-19-7-3-8-20-40/h2-36H,37H2,1H3/i1D3,33D,36D. The molecule has 0 fully saturated rings. The fourth-order valence-electron chi connectivity index (χ4n) is 8.54. The smallest absolute Gasteiger partial charge is 0.137 e. The highest BCUT2D eigenvalue weighted by atomic mass is 16.5. The molecule has 1 aliphatic heterocycles. The normalized spacial score (nSPS) is 13.7. The van der Waals surface area contributed by atoms with Crippen LogP contribution in [0.4, 0.5) is 22.7 Å². The minimum Gasteiger partial charge on any atom is -0.457 e. The first-order chi connectivity index (χ1) is 31.7. The molecule has 0 bridgehead atoms. The van der Waals surface area contributed by atoms with Gasteiger partial charge in [-0.3, -0.25) is 4.57 Å². The van der Waals surface area contributed by atoms with Crippen LogP contribution in [0.15, 0.2) is 212 Å². The molecule has 0 atom stereocenters. The van der Waals surface area contributed by atoms with Crippen LogP contribution in [0.25, 0.3) is 61.0 Å². The van der Waals surface area contributed by atoms with Crippen LogP contribution in [-0.2, 0) is 0 Å². The van der Waals surface area contributed by atoms with Crippen molar-refractivity contribution >= 4 is 44.6 Å². The summed E-state index contributed by atoms with van der Waals surface area (Å²) < 4.78 is 52.6. The van der Waals surface area contributed by atoms with E-state index < -0.39 is 6.85 Å². The topological polar surface area (TPSA) is 33.5 Å². The molecule has 0 N–H and O–H groups in total. The van der Waals surface area contributed by atoms with Gasteiger partial charge in [-0.25, -0.2) is 4.98 Å². The van der Waals surface area contributed by atoms with Crippen LogP contribution in [0.3, 0.4) is 0 Å². The van der Waals surface area contributed by atoms with E-state index in [0.717, 1.165) is 61.3 Å². The van der Waals surface area contributed by atoms with Gasteiger partial charge in [0.05, 0.1) is 30.8 Å². The molecule has 11 rings (SSSR count). The summed E-state index contributed by atoms with van der Waals surface area (Å²) in [5.41, 5.74) is 10.6. The molecule has 5 heteroatoms. The number of ether oxygens (including phenoxy) is 1. The fraction of sp³-hybridized carbons (Fsp3) is 0.0364. The fourth-order valence-corrected chi connectivity index (χ4v) is 8.54. The number of anilines is 4. The number of benzene rings is 8. The lowest BCUT2D eigenvalue weighted by Gasteiger charge is -2.27. The van der Waals surface area contributed by atoms with Gasteiger partial charge in [-0.05, 0) is 77.6 Å². The quantitative estimate of drug-likeness (QED) is 0.154. The van der Waals surface area contributed by atoms with E-state index in [4.69, 9.17) is 10.2 Å². The summed E-state index contributed by atoms with van der Waals surface area (Å²) in [7, 11) is 0. The van der Waals surface area contributed by atoms with E-state index in [1.165, 1.54) is 0 Å². The van der Waals surface area contributed by atoms with Crippen molar-refractivity contribution in [3.63, 3.8) is 0 Å². The minimum atomic E-state index is -2.68. The van der Waals surface area contributed by atoms with Crippen LogP contribution in [-0.4, -0.2) is 16.2 Å². The zero-order valence-electron chi connectivity index (χ0n) is 37.5. The molecule has 5 nitrogen and oxygen atoms in total. The Hall–Kier alpha value is -7.89. The maximum atomic E-state index is 9.42. The lowest BCUT2D eigenvalue weighted by molar-refractivity contribution is 0.483. The Bertz CT molecular complexity index is 3350. The summed E-state index contributed by atoms with van der Waals surface area (Å²) in [6, 6.07) is 66.3. The van der Waals surface area contributed by atoms with Gasteiger partial charge >= 0.3 is 0 Å². The van der Waals surface area contributed by atoms with E-state index in [1.807, 2.05) is 78.9 Å². The van der Waals surface area contributed by atoms with Crippen LogP contribution in [0, 0.1) is 6.85 Å². The van der Waals surface area contributed by atoms with E-state index in [2.05, 4.69) is 112 Å². The first kappa shape index (κ1) is 30.2.